The van der Waals surface area contributed by atoms with Gasteiger partial charge in [-0.05, 0) is 18.6 Å². The molecule has 0 aliphatic carbocycles. The monoisotopic (exact) mass is 236 g/mol. The molecule has 98 valence electrons. The third kappa shape index (κ3) is 5.81. The van der Waals surface area contributed by atoms with E-state index in [1.807, 2.05) is 0 Å². The normalized spacial score (nSPS) is 15.0. The Hall–Kier alpha value is -0.920. The molecule has 0 N–H and O–H groups in total. The number of hydrogen-bond donors (Lipinski definition) is 0. The summed E-state index contributed by atoms with van der Waals surface area (Å²) in [5.74, 6) is 0. The third-order valence-corrected chi connectivity index (χ3v) is 3.31. The summed E-state index contributed by atoms with van der Waals surface area (Å²) in [5.41, 5.74) is 1.32. The minimum Gasteiger partial charge on any atom is -0.378 e. The van der Waals surface area contributed by atoms with Gasteiger partial charge in [0.05, 0.1) is 0 Å². The summed E-state index contributed by atoms with van der Waals surface area (Å²) in [6.07, 6.45) is 15.0. The van der Waals surface area contributed by atoms with Crippen molar-refractivity contribution in [3.8, 4) is 0 Å². The number of unbranched alkanes of at least 4 members (excludes halogenated alkanes) is 5. The topological polar surface area (TPSA) is 6.48 Å². The summed E-state index contributed by atoms with van der Waals surface area (Å²) in [4.78, 5) is 4.57. The minimum absolute atomic E-state index is 1.07. The van der Waals surface area contributed by atoms with Crippen LogP contribution < -0.4 is 0 Å². The first-order valence-electron chi connectivity index (χ1n) is 7.03. The van der Waals surface area contributed by atoms with Crippen molar-refractivity contribution < 1.29 is 0 Å². The van der Waals surface area contributed by atoms with E-state index in [4.69, 9.17) is 0 Å². The van der Waals surface area contributed by atoms with E-state index in [1.165, 1.54) is 50.8 Å². The average molecular weight is 236 g/mol. The number of rotatable bonds is 8. The van der Waals surface area contributed by atoms with Gasteiger partial charge in [0.25, 0.3) is 0 Å². The van der Waals surface area contributed by atoms with E-state index in [1.54, 1.807) is 0 Å². The maximum atomic E-state index is 2.41. The molecular formula is C15H28N2. The Kier molecular flexibility index (Phi) is 6.83. The van der Waals surface area contributed by atoms with Crippen molar-refractivity contribution in [3.05, 3.63) is 24.0 Å². The molecule has 0 fully saturated rings. The Morgan fingerprint density at radius 2 is 1.82 bits per heavy atom. The van der Waals surface area contributed by atoms with Crippen molar-refractivity contribution in [1.29, 1.82) is 0 Å². The predicted molar refractivity (Wildman–Crippen MR) is 75.9 cm³/mol. The van der Waals surface area contributed by atoms with Gasteiger partial charge in [0.2, 0.25) is 0 Å². The Balaban J connectivity index is 2.05. The molecule has 0 aromatic rings. The van der Waals surface area contributed by atoms with Crippen LogP contribution in [0.4, 0.5) is 0 Å². The maximum absolute atomic E-state index is 2.41. The van der Waals surface area contributed by atoms with Gasteiger partial charge in [-0.25, -0.2) is 0 Å². The summed E-state index contributed by atoms with van der Waals surface area (Å²) in [6.45, 7) is 4.55. The molecule has 0 saturated carbocycles. The fourth-order valence-electron chi connectivity index (χ4n) is 2.11. The summed E-state index contributed by atoms with van der Waals surface area (Å²) in [5, 5.41) is 0. The first kappa shape index (κ1) is 14.1. The van der Waals surface area contributed by atoms with E-state index in [9.17, 15) is 0 Å². The van der Waals surface area contributed by atoms with Crippen molar-refractivity contribution in [2.24, 2.45) is 0 Å². The maximum Gasteiger partial charge on any atom is 0.0376 e. The molecule has 0 amide bonds. The van der Waals surface area contributed by atoms with Crippen LogP contribution in [0.3, 0.4) is 0 Å². The molecule has 2 heteroatoms. The lowest BCUT2D eigenvalue weighted by molar-refractivity contribution is 0.382. The Morgan fingerprint density at radius 1 is 1.12 bits per heavy atom. The first-order valence-corrected chi connectivity index (χ1v) is 7.03. The molecule has 0 radical (unpaired) electrons. The smallest absolute Gasteiger partial charge is 0.0376 e. The van der Waals surface area contributed by atoms with Gasteiger partial charge >= 0.3 is 0 Å². The molecule has 1 aliphatic rings. The highest BCUT2D eigenvalue weighted by molar-refractivity contribution is 5.20. The van der Waals surface area contributed by atoms with Gasteiger partial charge < -0.3 is 9.80 Å². The van der Waals surface area contributed by atoms with Crippen LogP contribution in [-0.4, -0.2) is 37.0 Å². The van der Waals surface area contributed by atoms with Crippen LogP contribution in [0, 0.1) is 0 Å². The average Bonchev–Trinajstić information content (AvgIpc) is 2.34. The quantitative estimate of drug-likeness (QED) is 0.594. The molecular weight excluding hydrogens is 208 g/mol. The molecule has 1 aliphatic heterocycles. The van der Waals surface area contributed by atoms with E-state index in [0.29, 0.717) is 0 Å². The van der Waals surface area contributed by atoms with Crippen LogP contribution >= 0.6 is 0 Å². The van der Waals surface area contributed by atoms with Crippen molar-refractivity contribution in [2.45, 2.75) is 45.4 Å². The van der Waals surface area contributed by atoms with Gasteiger partial charge in [-0.2, -0.15) is 0 Å². The number of hydrogen-bond acceptors (Lipinski definition) is 2. The van der Waals surface area contributed by atoms with Crippen molar-refractivity contribution in [1.82, 2.24) is 9.80 Å². The van der Waals surface area contributed by atoms with Gasteiger partial charge in [0, 0.05) is 39.1 Å². The van der Waals surface area contributed by atoms with Gasteiger partial charge in [-0.3, -0.25) is 0 Å². The fourth-order valence-corrected chi connectivity index (χ4v) is 2.11. The second-order valence-corrected chi connectivity index (χ2v) is 5.10. The third-order valence-electron chi connectivity index (χ3n) is 3.31. The standard InChI is InChI=1S/C15H28N2/c1-4-5-6-7-8-9-12-17-13-10-15(11-14-17)16(2)3/h10-11,13H,4-9,12,14H2,1-3H3. The van der Waals surface area contributed by atoms with Gasteiger partial charge in [-0.15, -0.1) is 0 Å². The molecule has 17 heavy (non-hydrogen) atoms. The summed E-state index contributed by atoms with van der Waals surface area (Å²) in [6, 6.07) is 0. The lowest BCUT2D eigenvalue weighted by Gasteiger charge is -2.25. The zero-order chi connectivity index (χ0) is 12.5. The second kappa shape index (κ2) is 8.21. The van der Waals surface area contributed by atoms with Crippen molar-refractivity contribution >= 4 is 0 Å². The molecule has 1 heterocycles. The van der Waals surface area contributed by atoms with E-state index in [2.05, 4.69) is 49.2 Å². The number of likely N-dealkylation sites (N-methyl/N-ethyl adjacent to an activating group) is 1. The van der Waals surface area contributed by atoms with Crippen molar-refractivity contribution in [2.75, 3.05) is 27.2 Å². The molecule has 0 aromatic heterocycles. The lowest BCUT2D eigenvalue weighted by Crippen LogP contribution is -2.24. The molecule has 0 atom stereocenters. The molecule has 2 nitrogen and oxygen atoms in total. The second-order valence-electron chi connectivity index (χ2n) is 5.10. The zero-order valence-electron chi connectivity index (χ0n) is 11.8. The Morgan fingerprint density at radius 3 is 2.41 bits per heavy atom. The van der Waals surface area contributed by atoms with Crippen LogP contribution in [0.2, 0.25) is 0 Å². The Labute approximate surface area is 107 Å². The molecule has 0 bridgehead atoms. The lowest BCUT2D eigenvalue weighted by atomic mass is 10.1. The van der Waals surface area contributed by atoms with Crippen LogP contribution in [0.1, 0.15) is 45.4 Å². The highest BCUT2D eigenvalue weighted by Crippen LogP contribution is 2.11. The van der Waals surface area contributed by atoms with Gasteiger partial charge in [0.15, 0.2) is 0 Å². The van der Waals surface area contributed by atoms with E-state index < -0.39 is 0 Å². The summed E-state index contributed by atoms with van der Waals surface area (Å²) in [7, 11) is 4.19. The highest BCUT2D eigenvalue weighted by Gasteiger charge is 2.04. The van der Waals surface area contributed by atoms with Crippen LogP contribution in [-0.2, 0) is 0 Å². The van der Waals surface area contributed by atoms with Crippen LogP contribution in [0.15, 0.2) is 24.0 Å². The number of allylic oxidation sites excluding steroid dienone is 1. The highest BCUT2D eigenvalue weighted by atomic mass is 15.1. The number of nitrogens with zero attached hydrogens (tertiary/aromatic N) is 2. The van der Waals surface area contributed by atoms with Gasteiger partial charge in [-0.1, -0.05) is 39.0 Å². The molecule has 0 spiro atoms. The van der Waals surface area contributed by atoms with Gasteiger partial charge in [0.1, 0.15) is 0 Å². The molecule has 0 aromatic carbocycles. The van der Waals surface area contributed by atoms with E-state index in [-0.39, 0.29) is 0 Å². The van der Waals surface area contributed by atoms with E-state index >= 15 is 0 Å². The fraction of sp³-hybridized carbons (Fsp3) is 0.733. The Bertz CT molecular complexity index is 254. The summed E-state index contributed by atoms with van der Waals surface area (Å²) >= 11 is 0. The van der Waals surface area contributed by atoms with Crippen LogP contribution in [0.25, 0.3) is 0 Å². The minimum atomic E-state index is 1.07. The first-order chi connectivity index (χ1) is 8.24. The molecule has 0 saturated heterocycles. The molecule has 0 unspecified atom stereocenters. The molecule has 1 rings (SSSR count). The largest absolute Gasteiger partial charge is 0.378 e. The van der Waals surface area contributed by atoms with Crippen molar-refractivity contribution in [3.63, 3.8) is 0 Å². The van der Waals surface area contributed by atoms with E-state index in [0.717, 1.165) is 6.54 Å². The zero-order valence-corrected chi connectivity index (χ0v) is 11.8. The SMILES string of the molecule is CCCCCCCCN1C=CC(N(C)C)=CC1. The summed E-state index contributed by atoms with van der Waals surface area (Å²) < 4.78 is 0. The predicted octanol–water partition coefficient (Wildman–Crippen LogP) is 3.62. The van der Waals surface area contributed by atoms with Crippen LogP contribution in [0.5, 0.6) is 0 Å².